The van der Waals surface area contributed by atoms with Gasteiger partial charge in [-0.3, -0.25) is 5.10 Å². The summed E-state index contributed by atoms with van der Waals surface area (Å²) in [6.07, 6.45) is 0. The fourth-order valence-electron chi connectivity index (χ4n) is 2.56. The molecule has 26 heavy (non-hydrogen) atoms. The highest BCUT2D eigenvalue weighted by molar-refractivity contribution is 14.1. The van der Waals surface area contributed by atoms with E-state index in [1.54, 1.807) is 0 Å². The molecule has 0 unspecified atom stereocenters. The third-order valence-corrected chi connectivity index (χ3v) is 4.55. The topological polar surface area (TPSA) is 86.0 Å². The Morgan fingerprint density at radius 2 is 1.73 bits per heavy atom. The van der Waals surface area contributed by atoms with Crippen molar-refractivity contribution in [2.45, 2.75) is 19.9 Å². The van der Waals surface area contributed by atoms with E-state index < -0.39 is 6.04 Å². The van der Waals surface area contributed by atoms with E-state index in [2.05, 4.69) is 37.8 Å². The molecular weight excluding hydrogens is 443 g/mol. The number of hydrogen-bond donors (Lipinski definition) is 2. The van der Waals surface area contributed by atoms with Crippen molar-refractivity contribution in [1.29, 1.82) is 0 Å². The maximum Gasteiger partial charge on any atom is 0.181 e. The van der Waals surface area contributed by atoms with Crippen LogP contribution < -0.4 is 15.2 Å². The van der Waals surface area contributed by atoms with Crippen molar-refractivity contribution in [1.82, 2.24) is 15.2 Å². The molecule has 0 amide bonds. The first-order valence-corrected chi connectivity index (χ1v) is 9.53. The minimum Gasteiger partial charge on any atom is -0.490 e. The lowest BCUT2D eigenvalue weighted by molar-refractivity contribution is 0.287. The smallest absolute Gasteiger partial charge is 0.181 e. The van der Waals surface area contributed by atoms with E-state index in [-0.39, 0.29) is 0 Å². The van der Waals surface area contributed by atoms with Gasteiger partial charge >= 0.3 is 0 Å². The number of nitrogens with two attached hydrogens (primary N) is 1. The van der Waals surface area contributed by atoms with E-state index in [0.717, 1.165) is 14.7 Å². The number of nitrogens with one attached hydrogen (secondary N) is 1. The number of hydrogen-bond acceptors (Lipinski definition) is 5. The summed E-state index contributed by atoms with van der Waals surface area (Å²) in [5.74, 6) is 2.62. The van der Waals surface area contributed by atoms with Gasteiger partial charge in [-0.2, -0.15) is 5.10 Å². The molecule has 0 radical (unpaired) electrons. The third kappa shape index (κ3) is 4.16. The SMILES string of the molecule is CCOc1ccc([C@H](N)c2nc(-c3ccc(I)cc3)n[nH]2)cc1OCC. The zero-order valence-corrected chi connectivity index (χ0v) is 16.9. The lowest BCUT2D eigenvalue weighted by Gasteiger charge is -2.14. The van der Waals surface area contributed by atoms with Gasteiger partial charge in [0.05, 0.1) is 19.3 Å². The Labute approximate surface area is 166 Å². The van der Waals surface area contributed by atoms with Crippen LogP contribution in [0.5, 0.6) is 11.5 Å². The molecule has 7 heteroatoms. The average molecular weight is 464 g/mol. The first-order chi connectivity index (χ1) is 12.6. The molecule has 0 saturated heterocycles. The van der Waals surface area contributed by atoms with E-state index >= 15 is 0 Å². The van der Waals surface area contributed by atoms with Crippen LogP contribution in [0.2, 0.25) is 0 Å². The second kappa shape index (κ2) is 8.50. The molecule has 1 heterocycles. The number of H-pyrrole nitrogens is 1. The molecule has 3 aromatic rings. The fraction of sp³-hybridized carbons (Fsp3) is 0.263. The minimum atomic E-state index is -0.435. The number of halogens is 1. The fourth-order valence-corrected chi connectivity index (χ4v) is 2.92. The van der Waals surface area contributed by atoms with Gasteiger partial charge in [0, 0.05) is 9.13 Å². The molecule has 136 valence electrons. The summed E-state index contributed by atoms with van der Waals surface area (Å²) in [6, 6.07) is 13.3. The Morgan fingerprint density at radius 1 is 1.04 bits per heavy atom. The molecule has 2 aromatic carbocycles. The zero-order valence-electron chi connectivity index (χ0n) is 14.7. The summed E-state index contributed by atoms with van der Waals surface area (Å²) < 4.78 is 12.4. The summed E-state index contributed by atoms with van der Waals surface area (Å²) >= 11 is 2.27. The van der Waals surface area contributed by atoms with E-state index in [1.807, 2.05) is 56.3 Å². The second-order valence-corrected chi connectivity index (χ2v) is 6.85. The molecule has 1 atom stereocenters. The van der Waals surface area contributed by atoms with Gasteiger partial charge in [-0.15, -0.1) is 0 Å². The number of nitrogens with zero attached hydrogens (tertiary/aromatic N) is 2. The molecule has 0 saturated carbocycles. The van der Waals surface area contributed by atoms with Gasteiger partial charge in [-0.05, 0) is 66.3 Å². The Balaban J connectivity index is 1.86. The number of ether oxygens (including phenoxy) is 2. The van der Waals surface area contributed by atoms with Gasteiger partial charge < -0.3 is 15.2 Å². The lowest BCUT2D eigenvalue weighted by Crippen LogP contribution is -2.14. The van der Waals surface area contributed by atoms with Gasteiger partial charge in [0.15, 0.2) is 17.3 Å². The molecule has 0 bridgehead atoms. The molecular formula is C19H21IN4O2. The van der Waals surface area contributed by atoms with Crippen LogP contribution in [0.1, 0.15) is 31.3 Å². The molecule has 0 aliphatic carbocycles. The van der Waals surface area contributed by atoms with Crippen molar-refractivity contribution in [3.8, 4) is 22.9 Å². The molecule has 3 N–H and O–H groups in total. The van der Waals surface area contributed by atoms with Crippen molar-refractivity contribution in [3.63, 3.8) is 0 Å². The van der Waals surface area contributed by atoms with E-state index in [1.165, 1.54) is 0 Å². The maximum absolute atomic E-state index is 6.39. The standard InChI is InChI=1S/C19H21IN4O2/c1-3-25-15-10-7-13(11-16(15)26-4-2)17(21)19-22-18(23-24-19)12-5-8-14(20)9-6-12/h5-11,17H,3-4,21H2,1-2H3,(H,22,23,24)/t17-/m0/s1. The van der Waals surface area contributed by atoms with Crippen LogP contribution in [-0.4, -0.2) is 28.4 Å². The van der Waals surface area contributed by atoms with Crippen molar-refractivity contribution < 1.29 is 9.47 Å². The number of benzene rings is 2. The summed E-state index contributed by atoms with van der Waals surface area (Å²) in [4.78, 5) is 4.55. The van der Waals surface area contributed by atoms with E-state index in [0.29, 0.717) is 36.4 Å². The molecule has 0 spiro atoms. The monoisotopic (exact) mass is 464 g/mol. The molecule has 0 aliphatic heterocycles. The van der Waals surface area contributed by atoms with Crippen LogP contribution in [-0.2, 0) is 0 Å². The van der Waals surface area contributed by atoms with Gasteiger partial charge in [0.2, 0.25) is 0 Å². The molecule has 3 rings (SSSR count). The quantitative estimate of drug-likeness (QED) is 0.518. The Kier molecular flexibility index (Phi) is 6.10. The van der Waals surface area contributed by atoms with Crippen LogP contribution in [0, 0.1) is 3.57 Å². The van der Waals surface area contributed by atoms with Crippen molar-refractivity contribution >= 4 is 22.6 Å². The summed E-state index contributed by atoms with van der Waals surface area (Å²) in [6.45, 7) is 5.01. The van der Waals surface area contributed by atoms with Gasteiger partial charge in [0.1, 0.15) is 5.82 Å². The normalized spacial score (nSPS) is 12.0. The van der Waals surface area contributed by atoms with Crippen LogP contribution in [0.25, 0.3) is 11.4 Å². The highest BCUT2D eigenvalue weighted by Crippen LogP contribution is 2.31. The molecule has 6 nitrogen and oxygen atoms in total. The predicted octanol–water partition coefficient (Wildman–Crippen LogP) is 3.92. The summed E-state index contributed by atoms with van der Waals surface area (Å²) in [5.41, 5.74) is 8.21. The average Bonchev–Trinajstić information content (AvgIpc) is 3.13. The Bertz CT molecular complexity index is 864. The van der Waals surface area contributed by atoms with Crippen molar-refractivity contribution in [3.05, 3.63) is 57.4 Å². The van der Waals surface area contributed by atoms with Gasteiger partial charge in [-0.25, -0.2) is 4.98 Å². The lowest BCUT2D eigenvalue weighted by atomic mass is 10.1. The number of rotatable bonds is 7. The summed E-state index contributed by atoms with van der Waals surface area (Å²) in [7, 11) is 0. The highest BCUT2D eigenvalue weighted by atomic mass is 127. The number of aromatic nitrogens is 3. The first kappa shape index (κ1) is 18.7. The maximum atomic E-state index is 6.39. The molecule has 1 aromatic heterocycles. The highest BCUT2D eigenvalue weighted by Gasteiger charge is 2.17. The zero-order chi connectivity index (χ0) is 18.5. The largest absolute Gasteiger partial charge is 0.490 e. The Morgan fingerprint density at radius 3 is 2.42 bits per heavy atom. The molecule has 0 aliphatic rings. The van der Waals surface area contributed by atoms with Crippen molar-refractivity contribution in [2.75, 3.05) is 13.2 Å². The van der Waals surface area contributed by atoms with Crippen LogP contribution in [0.15, 0.2) is 42.5 Å². The molecule has 0 fully saturated rings. The van der Waals surface area contributed by atoms with Crippen molar-refractivity contribution in [2.24, 2.45) is 5.73 Å². The third-order valence-electron chi connectivity index (χ3n) is 3.83. The van der Waals surface area contributed by atoms with Crippen LogP contribution in [0.3, 0.4) is 0 Å². The van der Waals surface area contributed by atoms with Crippen LogP contribution >= 0.6 is 22.6 Å². The van der Waals surface area contributed by atoms with Gasteiger partial charge in [0.25, 0.3) is 0 Å². The van der Waals surface area contributed by atoms with E-state index in [9.17, 15) is 0 Å². The van der Waals surface area contributed by atoms with Gasteiger partial charge in [-0.1, -0.05) is 18.2 Å². The second-order valence-electron chi connectivity index (χ2n) is 5.60. The first-order valence-electron chi connectivity index (χ1n) is 8.45. The minimum absolute atomic E-state index is 0.435. The van der Waals surface area contributed by atoms with Crippen LogP contribution in [0.4, 0.5) is 0 Å². The van der Waals surface area contributed by atoms with E-state index in [4.69, 9.17) is 15.2 Å². The summed E-state index contributed by atoms with van der Waals surface area (Å²) in [5, 5.41) is 7.24. The Hall–Kier alpha value is -2.13. The number of aromatic amines is 1. The predicted molar refractivity (Wildman–Crippen MR) is 109 cm³/mol.